The van der Waals surface area contributed by atoms with Gasteiger partial charge in [-0.05, 0) is 31.2 Å². The smallest absolute Gasteiger partial charge is 0.224 e. The van der Waals surface area contributed by atoms with Crippen LogP contribution in [0.1, 0.15) is 24.1 Å². The number of nitrogens with two attached hydrogens (primary N) is 2. The molecule has 8 nitrogen and oxygen atoms in total. The van der Waals surface area contributed by atoms with E-state index in [0.717, 1.165) is 5.56 Å². The lowest BCUT2D eigenvalue weighted by atomic mass is 10.1. The first-order valence-electron chi connectivity index (χ1n) is 8.90. The number of rotatable bonds is 4. The minimum absolute atomic E-state index is 0.0124. The number of anilines is 3. The highest BCUT2D eigenvalue weighted by molar-refractivity contribution is 6.35. The van der Waals surface area contributed by atoms with Gasteiger partial charge in [0.05, 0.1) is 11.1 Å². The van der Waals surface area contributed by atoms with Gasteiger partial charge in [-0.15, -0.1) is 0 Å². The zero-order valence-electron chi connectivity index (χ0n) is 15.8. The molecule has 0 aliphatic carbocycles. The molecule has 0 radical (unpaired) electrons. The second-order valence-electron chi connectivity index (χ2n) is 6.59. The first kappa shape index (κ1) is 19.4. The van der Waals surface area contributed by atoms with E-state index < -0.39 is 0 Å². The van der Waals surface area contributed by atoms with Crippen molar-refractivity contribution in [2.75, 3.05) is 16.8 Å². The Hall–Kier alpha value is -3.90. The maximum Gasteiger partial charge on any atom is 0.224 e. The van der Waals surface area contributed by atoms with Gasteiger partial charge in [0.2, 0.25) is 5.95 Å². The SMILES string of the molecule is CC(Nc1nc(N)nc(N)c1C#N)c1cn(-c2cccc(F)c2)c2nccc(Cl)c12. The van der Waals surface area contributed by atoms with Crippen LogP contribution in [0.15, 0.2) is 42.7 Å². The molecule has 0 spiro atoms. The predicted octanol–water partition coefficient (Wildman–Crippen LogP) is 3.82. The van der Waals surface area contributed by atoms with E-state index in [4.69, 9.17) is 23.1 Å². The van der Waals surface area contributed by atoms with Crippen LogP contribution in [-0.4, -0.2) is 19.5 Å². The lowest BCUT2D eigenvalue weighted by Gasteiger charge is -2.16. The third kappa shape index (κ3) is 3.33. The molecule has 0 amide bonds. The monoisotopic (exact) mass is 422 g/mol. The van der Waals surface area contributed by atoms with E-state index in [1.807, 2.05) is 19.2 Å². The number of hydrogen-bond donors (Lipinski definition) is 3. The molecule has 5 N–H and O–H groups in total. The van der Waals surface area contributed by atoms with Gasteiger partial charge in [0, 0.05) is 29.0 Å². The number of halogens is 2. The Morgan fingerprint density at radius 2 is 2.07 bits per heavy atom. The number of fused-ring (bicyclic) bond motifs is 1. The third-order valence-corrected chi connectivity index (χ3v) is 4.95. The molecule has 30 heavy (non-hydrogen) atoms. The van der Waals surface area contributed by atoms with Crippen molar-refractivity contribution in [3.63, 3.8) is 0 Å². The van der Waals surface area contributed by atoms with Crippen LogP contribution >= 0.6 is 11.6 Å². The number of aromatic nitrogens is 4. The summed E-state index contributed by atoms with van der Waals surface area (Å²) in [6.45, 7) is 1.86. The van der Waals surface area contributed by atoms with Crippen LogP contribution in [0, 0.1) is 17.1 Å². The highest BCUT2D eigenvalue weighted by atomic mass is 35.5. The number of nitrogens with zero attached hydrogens (tertiary/aromatic N) is 5. The highest BCUT2D eigenvalue weighted by Crippen LogP contribution is 2.35. The van der Waals surface area contributed by atoms with Gasteiger partial charge < -0.3 is 21.4 Å². The molecule has 0 bridgehead atoms. The zero-order chi connectivity index (χ0) is 21.4. The van der Waals surface area contributed by atoms with E-state index >= 15 is 0 Å². The Morgan fingerprint density at radius 1 is 1.27 bits per heavy atom. The largest absolute Gasteiger partial charge is 0.382 e. The summed E-state index contributed by atoms with van der Waals surface area (Å²) in [4.78, 5) is 12.3. The van der Waals surface area contributed by atoms with Crippen LogP contribution < -0.4 is 16.8 Å². The average Bonchev–Trinajstić information content (AvgIpc) is 3.09. The fourth-order valence-electron chi connectivity index (χ4n) is 3.29. The van der Waals surface area contributed by atoms with Crippen LogP contribution in [-0.2, 0) is 0 Å². The minimum Gasteiger partial charge on any atom is -0.382 e. The van der Waals surface area contributed by atoms with Crippen molar-refractivity contribution in [2.45, 2.75) is 13.0 Å². The van der Waals surface area contributed by atoms with E-state index in [1.165, 1.54) is 12.1 Å². The summed E-state index contributed by atoms with van der Waals surface area (Å²) in [6.07, 6.45) is 3.40. The minimum atomic E-state index is -0.371. The molecule has 3 heterocycles. The second-order valence-corrected chi connectivity index (χ2v) is 7.00. The number of hydrogen-bond acceptors (Lipinski definition) is 7. The molecule has 0 fully saturated rings. The number of pyridine rings is 1. The van der Waals surface area contributed by atoms with Crippen molar-refractivity contribution >= 4 is 40.2 Å². The Morgan fingerprint density at radius 3 is 2.80 bits per heavy atom. The van der Waals surface area contributed by atoms with E-state index in [-0.39, 0.29) is 35.0 Å². The highest BCUT2D eigenvalue weighted by Gasteiger charge is 2.21. The van der Waals surface area contributed by atoms with Gasteiger partial charge in [0.25, 0.3) is 0 Å². The lowest BCUT2D eigenvalue weighted by molar-refractivity contribution is 0.627. The van der Waals surface area contributed by atoms with Crippen molar-refractivity contribution in [2.24, 2.45) is 0 Å². The molecule has 1 aromatic carbocycles. The molecule has 1 atom stereocenters. The molecule has 10 heteroatoms. The van der Waals surface area contributed by atoms with Crippen LogP contribution in [0.4, 0.5) is 22.0 Å². The van der Waals surface area contributed by atoms with Gasteiger partial charge in [-0.1, -0.05) is 17.7 Å². The number of nitrogen functional groups attached to an aromatic ring is 2. The Labute approximate surface area is 175 Å². The Kier molecular flexibility index (Phi) is 4.85. The molecular weight excluding hydrogens is 407 g/mol. The quantitative estimate of drug-likeness (QED) is 0.455. The fourth-order valence-corrected chi connectivity index (χ4v) is 3.54. The average molecular weight is 423 g/mol. The van der Waals surface area contributed by atoms with Crippen LogP contribution in [0.3, 0.4) is 0 Å². The molecule has 4 aromatic rings. The topological polar surface area (TPSA) is 131 Å². The van der Waals surface area contributed by atoms with Crippen molar-refractivity contribution in [3.8, 4) is 11.8 Å². The molecule has 0 aliphatic rings. The van der Waals surface area contributed by atoms with Crippen LogP contribution in [0.25, 0.3) is 16.7 Å². The first-order chi connectivity index (χ1) is 14.4. The van der Waals surface area contributed by atoms with Crippen molar-refractivity contribution in [1.29, 1.82) is 5.26 Å². The summed E-state index contributed by atoms with van der Waals surface area (Å²) >= 11 is 6.48. The van der Waals surface area contributed by atoms with E-state index in [2.05, 4.69) is 20.3 Å². The Bertz CT molecular complexity index is 1310. The molecule has 4 rings (SSSR count). The normalized spacial score (nSPS) is 11.9. The standard InChI is InChI=1S/C20H16ClFN8/c1-10(27-18-13(8-23)17(24)28-20(25)29-18)14-9-30(12-4-2-3-11(22)7-12)19-16(14)15(21)5-6-26-19/h2-7,9-10H,1H3,(H5,24,25,27,28,29). The molecule has 1 unspecified atom stereocenters. The van der Waals surface area contributed by atoms with Crippen LogP contribution in [0.5, 0.6) is 0 Å². The van der Waals surface area contributed by atoms with Crippen molar-refractivity contribution in [3.05, 3.63) is 64.7 Å². The summed E-state index contributed by atoms with van der Waals surface area (Å²) in [5, 5.41) is 13.7. The number of nitriles is 1. The molecule has 3 aromatic heterocycles. The van der Waals surface area contributed by atoms with Gasteiger partial charge in [-0.25, -0.2) is 9.37 Å². The number of benzene rings is 1. The van der Waals surface area contributed by atoms with Crippen molar-refractivity contribution in [1.82, 2.24) is 19.5 Å². The van der Waals surface area contributed by atoms with Gasteiger partial charge in [0.1, 0.15) is 28.9 Å². The zero-order valence-corrected chi connectivity index (χ0v) is 16.5. The Balaban J connectivity index is 1.85. The summed E-state index contributed by atoms with van der Waals surface area (Å²) in [6, 6.07) is 9.45. The summed E-state index contributed by atoms with van der Waals surface area (Å²) in [5.74, 6) is -0.221. The molecule has 0 aliphatic heterocycles. The number of nitrogens with one attached hydrogen (secondary N) is 1. The van der Waals surface area contributed by atoms with Crippen molar-refractivity contribution < 1.29 is 4.39 Å². The maximum atomic E-state index is 13.8. The van der Waals surface area contributed by atoms with Crippen LogP contribution in [0.2, 0.25) is 5.02 Å². The van der Waals surface area contributed by atoms with Gasteiger partial charge in [-0.2, -0.15) is 15.2 Å². The molecule has 0 saturated carbocycles. The summed E-state index contributed by atoms with van der Waals surface area (Å²) < 4.78 is 15.6. The maximum absolute atomic E-state index is 13.8. The predicted molar refractivity (Wildman–Crippen MR) is 114 cm³/mol. The molecule has 0 saturated heterocycles. The first-order valence-corrected chi connectivity index (χ1v) is 9.28. The van der Waals surface area contributed by atoms with Gasteiger partial charge >= 0.3 is 0 Å². The lowest BCUT2D eigenvalue weighted by Crippen LogP contribution is -2.13. The molecule has 150 valence electrons. The second kappa shape index (κ2) is 7.50. The summed E-state index contributed by atoms with van der Waals surface area (Å²) in [7, 11) is 0. The molecular formula is C20H16ClFN8. The van der Waals surface area contributed by atoms with Gasteiger partial charge in [0.15, 0.2) is 5.82 Å². The third-order valence-electron chi connectivity index (χ3n) is 4.64. The van der Waals surface area contributed by atoms with E-state index in [0.29, 0.717) is 21.7 Å². The van der Waals surface area contributed by atoms with E-state index in [1.54, 1.807) is 29.0 Å². The fraction of sp³-hybridized carbons (Fsp3) is 0.100. The van der Waals surface area contributed by atoms with Gasteiger partial charge in [-0.3, -0.25) is 0 Å². The summed E-state index contributed by atoms with van der Waals surface area (Å²) in [5.41, 5.74) is 13.5. The van der Waals surface area contributed by atoms with E-state index in [9.17, 15) is 9.65 Å².